The normalized spacial score (nSPS) is 11.8. The van der Waals surface area contributed by atoms with Gasteiger partial charge in [0.1, 0.15) is 5.75 Å². The number of aromatic nitrogens is 2. The van der Waals surface area contributed by atoms with Crippen molar-refractivity contribution in [1.82, 2.24) is 15.5 Å². The lowest BCUT2D eigenvalue weighted by Gasteiger charge is -2.19. The van der Waals surface area contributed by atoms with Gasteiger partial charge in [-0.3, -0.25) is 0 Å². The average molecular weight is 295 g/mol. The topological polar surface area (TPSA) is 60.2 Å². The largest absolute Gasteiger partial charge is 0.496 e. The molecule has 0 unspecified atom stereocenters. The molecule has 110 valence electrons. The molecule has 0 aliphatic heterocycles. The van der Waals surface area contributed by atoms with Crippen LogP contribution in [0.4, 0.5) is 0 Å². The van der Waals surface area contributed by atoms with Crippen LogP contribution in [0.5, 0.6) is 5.75 Å². The third kappa shape index (κ3) is 4.31. The molecule has 1 N–H and O–H groups in total. The molecule has 0 atom stereocenters. The first-order valence-corrected chi connectivity index (χ1v) is 7.56. The zero-order chi connectivity index (χ0) is 14.6. The first-order chi connectivity index (χ1) is 9.48. The highest BCUT2D eigenvalue weighted by Gasteiger charge is 2.12. The van der Waals surface area contributed by atoms with Gasteiger partial charge in [0.25, 0.3) is 5.89 Å². The van der Waals surface area contributed by atoms with Crippen molar-refractivity contribution >= 4 is 11.3 Å². The van der Waals surface area contributed by atoms with E-state index in [1.807, 2.05) is 11.4 Å². The van der Waals surface area contributed by atoms with Crippen LogP contribution in [-0.4, -0.2) is 29.4 Å². The molecule has 0 radical (unpaired) electrons. The second-order valence-corrected chi connectivity index (χ2v) is 6.54. The van der Waals surface area contributed by atoms with E-state index in [1.54, 1.807) is 7.11 Å². The van der Waals surface area contributed by atoms with Gasteiger partial charge in [-0.05, 0) is 33.7 Å². The van der Waals surface area contributed by atoms with Gasteiger partial charge in [-0.25, -0.2) is 0 Å². The zero-order valence-corrected chi connectivity index (χ0v) is 13.2. The Kier molecular flexibility index (Phi) is 4.77. The smallest absolute Gasteiger partial charge is 0.257 e. The lowest BCUT2D eigenvalue weighted by Crippen LogP contribution is -2.36. The highest BCUT2D eigenvalue weighted by atomic mass is 32.1. The molecule has 0 aliphatic carbocycles. The highest BCUT2D eigenvalue weighted by Crippen LogP contribution is 2.30. The molecule has 2 heterocycles. The maximum absolute atomic E-state index is 5.66. The van der Waals surface area contributed by atoms with E-state index in [4.69, 9.17) is 9.15 Å². The molecule has 0 aliphatic rings. The molecule has 0 bridgehead atoms. The Morgan fingerprint density at radius 2 is 2.15 bits per heavy atom. The highest BCUT2D eigenvalue weighted by molar-refractivity contribution is 7.13. The fourth-order valence-corrected chi connectivity index (χ4v) is 2.47. The Bertz CT molecular complexity index is 543. The van der Waals surface area contributed by atoms with Gasteiger partial charge in [0, 0.05) is 23.4 Å². The van der Waals surface area contributed by atoms with Gasteiger partial charge in [0.15, 0.2) is 0 Å². The molecule has 2 aromatic rings. The molecule has 0 saturated heterocycles. The number of hydrogen-bond donors (Lipinski definition) is 1. The van der Waals surface area contributed by atoms with Crippen LogP contribution in [-0.2, 0) is 6.42 Å². The lowest BCUT2D eigenvalue weighted by atomic mass is 10.1. The van der Waals surface area contributed by atoms with Crippen molar-refractivity contribution in [2.24, 2.45) is 0 Å². The van der Waals surface area contributed by atoms with E-state index in [0.29, 0.717) is 11.8 Å². The lowest BCUT2D eigenvalue weighted by molar-refractivity contribution is 0.412. The number of hydrogen-bond acceptors (Lipinski definition) is 6. The van der Waals surface area contributed by atoms with Gasteiger partial charge < -0.3 is 14.5 Å². The van der Waals surface area contributed by atoms with E-state index in [9.17, 15) is 0 Å². The van der Waals surface area contributed by atoms with Gasteiger partial charge >= 0.3 is 0 Å². The first kappa shape index (κ1) is 15.0. The van der Waals surface area contributed by atoms with E-state index in [-0.39, 0.29) is 5.54 Å². The fraction of sp³-hybridized carbons (Fsp3) is 0.571. The average Bonchev–Trinajstić information content (AvgIpc) is 3.02. The van der Waals surface area contributed by atoms with Crippen molar-refractivity contribution < 1.29 is 9.15 Å². The summed E-state index contributed by atoms with van der Waals surface area (Å²) in [7, 11) is 1.65. The molecular weight excluding hydrogens is 274 g/mol. The van der Waals surface area contributed by atoms with Crippen LogP contribution in [0.1, 0.15) is 33.1 Å². The predicted molar refractivity (Wildman–Crippen MR) is 80.2 cm³/mol. The van der Waals surface area contributed by atoms with Crippen LogP contribution in [0.3, 0.4) is 0 Å². The monoisotopic (exact) mass is 295 g/mol. The quantitative estimate of drug-likeness (QED) is 0.830. The molecule has 0 fully saturated rings. The van der Waals surface area contributed by atoms with E-state index in [2.05, 4.69) is 36.3 Å². The first-order valence-electron chi connectivity index (χ1n) is 6.68. The number of nitrogens with one attached hydrogen (secondary N) is 1. The Balaban J connectivity index is 1.86. The van der Waals surface area contributed by atoms with Crippen LogP contribution in [0, 0.1) is 0 Å². The number of thiophene rings is 1. The van der Waals surface area contributed by atoms with E-state index >= 15 is 0 Å². The summed E-state index contributed by atoms with van der Waals surface area (Å²) in [4.78, 5) is 0.938. The third-order valence-corrected chi connectivity index (χ3v) is 3.61. The Morgan fingerprint density at radius 1 is 1.35 bits per heavy atom. The molecule has 6 heteroatoms. The SMILES string of the molecule is COc1csc(-c2nnc(CCCNC(C)(C)C)o2)c1. The van der Waals surface area contributed by atoms with Gasteiger partial charge in [-0.1, -0.05) is 0 Å². The summed E-state index contributed by atoms with van der Waals surface area (Å²) < 4.78 is 10.8. The third-order valence-electron chi connectivity index (χ3n) is 2.71. The van der Waals surface area contributed by atoms with Crippen LogP contribution >= 0.6 is 11.3 Å². The predicted octanol–water partition coefficient (Wildman–Crippen LogP) is 3.13. The van der Waals surface area contributed by atoms with E-state index in [0.717, 1.165) is 30.0 Å². The second kappa shape index (κ2) is 6.37. The van der Waals surface area contributed by atoms with Crippen molar-refractivity contribution in [2.75, 3.05) is 13.7 Å². The van der Waals surface area contributed by atoms with E-state index < -0.39 is 0 Å². The number of nitrogens with zero attached hydrogens (tertiary/aromatic N) is 2. The maximum Gasteiger partial charge on any atom is 0.257 e. The number of rotatable bonds is 6. The van der Waals surface area contributed by atoms with Crippen molar-refractivity contribution in [1.29, 1.82) is 0 Å². The van der Waals surface area contributed by atoms with Crippen molar-refractivity contribution in [2.45, 2.75) is 39.2 Å². The Hall–Kier alpha value is -1.40. The summed E-state index contributed by atoms with van der Waals surface area (Å²) in [5.41, 5.74) is 0.146. The molecule has 0 aromatic carbocycles. The molecule has 0 spiro atoms. The summed E-state index contributed by atoms with van der Waals surface area (Å²) in [5.74, 6) is 2.07. The summed E-state index contributed by atoms with van der Waals surface area (Å²) in [6, 6.07) is 1.91. The standard InChI is InChI=1S/C14H21N3O2S/c1-14(2,3)15-7-5-6-12-16-17-13(19-12)11-8-10(18-4)9-20-11/h8-9,15H,5-7H2,1-4H3. The molecular formula is C14H21N3O2S. The molecule has 0 amide bonds. The Morgan fingerprint density at radius 3 is 2.80 bits per heavy atom. The summed E-state index contributed by atoms with van der Waals surface area (Å²) in [5, 5.41) is 13.5. The zero-order valence-electron chi connectivity index (χ0n) is 12.4. The van der Waals surface area contributed by atoms with Crippen molar-refractivity contribution in [3.8, 4) is 16.5 Å². The number of aryl methyl sites for hydroxylation is 1. The van der Waals surface area contributed by atoms with Crippen LogP contribution in [0.25, 0.3) is 10.8 Å². The number of methoxy groups -OCH3 is 1. The van der Waals surface area contributed by atoms with E-state index in [1.165, 1.54) is 11.3 Å². The summed E-state index contributed by atoms with van der Waals surface area (Å²) >= 11 is 1.54. The molecule has 0 saturated carbocycles. The Labute approximate surface area is 123 Å². The van der Waals surface area contributed by atoms with Crippen molar-refractivity contribution in [3.05, 3.63) is 17.3 Å². The maximum atomic E-state index is 5.66. The van der Waals surface area contributed by atoms with Crippen LogP contribution in [0.15, 0.2) is 15.9 Å². The van der Waals surface area contributed by atoms with Gasteiger partial charge in [0.2, 0.25) is 5.89 Å². The van der Waals surface area contributed by atoms with Gasteiger partial charge in [-0.15, -0.1) is 21.5 Å². The summed E-state index contributed by atoms with van der Waals surface area (Å²) in [6.45, 7) is 7.40. The van der Waals surface area contributed by atoms with Crippen LogP contribution in [0.2, 0.25) is 0 Å². The minimum Gasteiger partial charge on any atom is -0.496 e. The minimum atomic E-state index is 0.146. The van der Waals surface area contributed by atoms with Crippen molar-refractivity contribution in [3.63, 3.8) is 0 Å². The minimum absolute atomic E-state index is 0.146. The molecule has 5 nitrogen and oxygen atoms in total. The summed E-state index contributed by atoms with van der Waals surface area (Å²) in [6.07, 6.45) is 1.77. The van der Waals surface area contributed by atoms with Gasteiger partial charge in [0.05, 0.1) is 12.0 Å². The molecule has 2 rings (SSSR count). The molecule has 20 heavy (non-hydrogen) atoms. The number of ether oxygens (including phenoxy) is 1. The molecule has 2 aromatic heterocycles. The fourth-order valence-electron chi connectivity index (χ4n) is 1.70. The second-order valence-electron chi connectivity index (χ2n) is 5.63. The van der Waals surface area contributed by atoms with Gasteiger partial charge in [-0.2, -0.15) is 0 Å². The van der Waals surface area contributed by atoms with Crippen LogP contribution < -0.4 is 10.1 Å².